The van der Waals surface area contributed by atoms with Gasteiger partial charge in [-0.2, -0.15) is 0 Å². The maximum absolute atomic E-state index is 11.2. The lowest BCUT2D eigenvalue weighted by molar-refractivity contribution is -0.120. The fourth-order valence-corrected chi connectivity index (χ4v) is 2.58. The Balaban J connectivity index is 0.00000162. The van der Waals surface area contributed by atoms with Crippen LogP contribution in [0.4, 0.5) is 0 Å². The minimum Gasteiger partial charge on any atom is -0.352 e. The summed E-state index contributed by atoms with van der Waals surface area (Å²) in [6.07, 6.45) is 4.43. The molecule has 1 aromatic rings. The van der Waals surface area contributed by atoms with Gasteiger partial charge in [-0.05, 0) is 37.2 Å². The van der Waals surface area contributed by atoms with E-state index in [1.807, 2.05) is 0 Å². The number of carbonyl (C=O) groups is 1. The largest absolute Gasteiger partial charge is 0.352 e. The topological polar surface area (TPSA) is 55.1 Å². The van der Waals surface area contributed by atoms with Gasteiger partial charge in [0, 0.05) is 6.04 Å². The van der Waals surface area contributed by atoms with Crippen LogP contribution < -0.4 is 11.1 Å². The third-order valence-corrected chi connectivity index (χ3v) is 3.55. The van der Waals surface area contributed by atoms with E-state index >= 15 is 0 Å². The fourth-order valence-electron chi connectivity index (χ4n) is 2.58. The van der Waals surface area contributed by atoms with Crippen LogP contribution in [-0.2, 0) is 4.79 Å². The van der Waals surface area contributed by atoms with Crippen LogP contribution in [0.3, 0.4) is 0 Å². The highest BCUT2D eigenvalue weighted by Gasteiger charge is 2.22. The van der Waals surface area contributed by atoms with Crippen molar-refractivity contribution >= 4 is 18.3 Å². The minimum atomic E-state index is -0.0341. The average molecular weight is 269 g/mol. The highest BCUT2D eigenvalue weighted by molar-refractivity contribution is 5.85. The molecule has 0 aromatic heterocycles. The first-order valence-electron chi connectivity index (χ1n) is 6.34. The number of hydrogen-bond acceptors (Lipinski definition) is 2. The van der Waals surface area contributed by atoms with E-state index in [0.717, 1.165) is 25.7 Å². The number of carbonyl (C=O) groups excluding carboxylic acids is 1. The summed E-state index contributed by atoms with van der Waals surface area (Å²) in [5.74, 6) is 0.621. The second-order valence-corrected chi connectivity index (χ2v) is 4.73. The molecule has 1 aliphatic carbocycles. The maximum atomic E-state index is 11.2. The first kappa shape index (κ1) is 15.0. The molecule has 2 rings (SSSR count). The Labute approximate surface area is 115 Å². The second-order valence-electron chi connectivity index (χ2n) is 4.73. The van der Waals surface area contributed by atoms with Crippen molar-refractivity contribution in [3.05, 3.63) is 35.9 Å². The fraction of sp³-hybridized carbons (Fsp3) is 0.500. The van der Waals surface area contributed by atoms with Crippen LogP contribution in [0.2, 0.25) is 0 Å². The molecule has 0 aliphatic heterocycles. The van der Waals surface area contributed by atoms with Crippen molar-refractivity contribution in [2.45, 2.75) is 37.6 Å². The Bertz CT molecular complexity index is 361. The number of halogens is 1. The van der Waals surface area contributed by atoms with E-state index in [1.165, 1.54) is 5.56 Å². The molecule has 0 unspecified atom stereocenters. The quantitative estimate of drug-likeness (QED) is 0.883. The lowest BCUT2D eigenvalue weighted by Gasteiger charge is -2.29. The number of nitrogens with two attached hydrogens (primary N) is 1. The first-order valence-corrected chi connectivity index (χ1v) is 6.34. The molecule has 1 amide bonds. The van der Waals surface area contributed by atoms with Crippen LogP contribution in [0.5, 0.6) is 0 Å². The third kappa shape index (κ3) is 4.00. The predicted octanol–water partition coefficient (Wildman–Crippen LogP) is 2.21. The molecule has 0 bridgehead atoms. The molecule has 0 saturated heterocycles. The Morgan fingerprint density at radius 1 is 1.17 bits per heavy atom. The van der Waals surface area contributed by atoms with Gasteiger partial charge in [0.05, 0.1) is 6.54 Å². The van der Waals surface area contributed by atoms with Gasteiger partial charge in [-0.15, -0.1) is 12.4 Å². The van der Waals surface area contributed by atoms with Gasteiger partial charge in [0.2, 0.25) is 5.91 Å². The van der Waals surface area contributed by atoms with Gasteiger partial charge in [0.1, 0.15) is 0 Å². The van der Waals surface area contributed by atoms with E-state index in [-0.39, 0.29) is 24.9 Å². The Hall–Kier alpha value is -1.06. The summed E-state index contributed by atoms with van der Waals surface area (Å²) < 4.78 is 0. The number of benzene rings is 1. The number of nitrogens with one attached hydrogen (secondary N) is 1. The van der Waals surface area contributed by atoms with Gasteiger partial charge in [-0.3, -0.25) is 4.79 Å². The van der Waals surface area contributed by atoms with Crippen molar-refractivity contribution in [2.24, 2.45) is 5.73 Å². The van der Waals surface area contributed by atoms with Gasteiger partial charge < -0.3 is 11.1 Å². The molecule has 3 N–H and O–H groups in total. The van der Waals surface area contributed by atoms with E-state index in [2.05, 4.69) is 35.6 Å². The zero-order valence-electron chi connectivity index (χ0n) is 10.5. The van der Waals surface area contributed by atoms with Crippen LogP contribution in [0, 0.1) is 0 Å². The van der Waals surface area contributed by atoms with Gasteiger partial charge in [-0.25, -0.2) is 0 Å². The molecule has 0 atom stereocenters. The van der Waals surface area contributed by atoms with Crippen molar-refractivity contribution in [1.82, 2.24) is 5.32 Å². The Morgan fingerprint density at radius 2 is 1.78 bits per heavy atom. The summed E-state index contributed by atoms with van der Waals surface area (Å²) in [6, 6.07) is 11.0. The summed E-state index contributed by atoms with van der Waals surface area (Å²) in [5.41, 5.74) is 6.72. The van der Waals surface area contributed by atoms with Gasteiger partial charge in [0.25, 0.3) is 0 Å². The van der Waals surface area contributed by atoms with Crippen molar-refractivity contribution in [3.63, 3.8) is 0 Å². The van der Waals surface area contributed by atoms with Crippen molar-refractivity contribution < 1.29 is 4.79 Å². The smallest absolute Gasteiger partial charge is 0.233 e. The molecule has 0 radical (unpaired) electrons. The monoisotopic (exact) mass is 268 g/mol. The van der Waals surface area contributed by atoms with Crippen LogP contribution in [-0.4, -0.2) is 18.5 Å². The third-order valence-electron chi connectivity index (χ3n) is 3.55. The first-order chi connectivity index (χ1) is 8.29. The summed E-state index contributed by atoms with van der Waals surface area (Å²) in [5, 5.41) is 2.98. The summed E-state index contributed by atoms with van der Waals surface area (Å²) in [6.45, 7) is 0.0958. The average Bonchev–Trinajstić information content (AvgIpc) is 2.40. The van der Waals surface area contributed by atoms with E-state index in [4.69, 9.17) is 5.73 Å². The zero-order chi connectivity index (χ0) is 12.1. The van der Waals surface area contributed by atoms with E-state index < -0.39 is 0 Å². The molecule has 4 heteroatoms. The highest BCUT2D eigenvalue weighted by Crippen LogP contribution is 2.32. The molecular weight excluding hydrogens is 248 g/mol. The minimum absolute atomic E-state index is 0. The molecule has 1 saturated carbocycles. The lowest BCUT2D eigenvalue weighted by atomic mass is 9.82. The maximum Gasteiger partial charge on any atom is 0.233 e. The van der Waals surface area contributed by atoms with Crippen LogP contribution >= 0.6 is 12.4 Å². The molecule has 0 heterocycles. The molecule has 1 fully saturated rings. The van der Waals surface area contributed by atoms with Gasteiger partial charge >= 0.3 is 0 Å². The standard InChI is InChI=1S/C14H20N2O.ClH/c15-10-14(17)16-13-8-6-12(7-9-13)11-4-2-1-3-5-11;/h1-5,12-13H,6-10,15H2,(H,16,17);1H. The van der Waals surface area contributed by atoms with E-state index in [9.17, 15) is 4.79 Å². The summed E-state index contributed by atoms with van der Waals surface area (Å²) in [7, 11) is 0. The normalized spacial score (nSPS) is 22.9. The SMILES string of the molecule is Cl.NCC(=O)NC1CCC(c2ccccc2)CC1. The summed E-state index contributed by atoms with van der Waals surface area (Å²) >= 11 is 0. The number of hydrogen-bond donors (Lipinski definition) is 2. The van der Waals surface area contributed by atoms with Gasteiger partial charge in [-0.1, -0.05) is 30.3 Å². The Kier molecular flexibility index (Phi) is 6.16. The van der Waals surface area contributed by atoms with Crippen molar-refractivity contribution in [1.29, 1.82) is 0 Å². The predicted molar refractivity (Wildman–Crippen MR) is 75.9 cm³/mol. The summed E-state index contributed by atoms with van der Waals surface area (Å²) in [4.78, 5) is 11.2. The van der Waals surface area contributed by atoms with Crippen molar-refractivity contribution in [3.8, 4) is 0 Å². The zero-order valence-corrected chi connectivity index (χ0v) is 11.3. The molecule has 0 spiro atoms. The lowest BCUT2D eigenvalue weighted by Crippen LogP contribution is -2.40. The van der Waals surface area contributed by atoms with Crippen LogP contribution in [0.15, 0.2) is 30.3 Å². The molecule has 1 aromatic carbocycles. The molecule has 100 valence electrons. The highest BCUT2D eigenvalue weighted by atomic mass is 35.5. The number of amides is 1. The molecule has 18 heavy (non-hydrogen) atoms. The molecule has 3 nitrogen and oxygen atoms in total. The van der Waals surface area contributed by atoms with E-state index in [0.29, 0.717) is 12.0 Å². The van der Waals surface area contributed by atoms with E-state index in [1.54, 1.807) is 0 Å². The van der Waals surface area contributed by atoms with Crippen LogP contribution in [0.1, 0.15) is 37.2 Å². The second kappa shape index (κ2) is 7.39. The van der Waals surface area contributed by atoms with Gasteiger partial charge in [0.15, 0.2) is 0 Å². The van der Waals surface area contributed by atoms with Crippen molar-refractivity contribution in [2.75, 3.05) is 6.54 Å². The number of rotatable bonds is 3. The molecule has 1 aliphatic rings. The Morgan fingerprint density at radius 3 is 2.33 bits per heavy atom. The van der Waals surface area contributed by atoms with Crippen LogP contribution in [0.25, 0.3) is 0 Å². The molecular formula is C14H21ClN2O.